The summed E-state index contributed by atoms with van der Waals surface area (Å²) in [6, 6.07) is 25.5. The van der Waals surface area contributed by atoms with Gasteiger partial charge in [-0.25, -0.2) is 0 Å². The monoisotopic (exact) mass is 346 g/mol. The van der Waals surface area contributed by atoms with Crippen molar-refractivity contribution in [1.82, 2.24) is 0 Å². The highest BCUT2D eigenvalue weighted by Crippen LogP contribution is 2.46. The van der Waals surface area contributed by atoms with Crippen LogP contribution in [0.3, 0.4) is 0 Å². The Kier molecular flexibility index (Phi) is 5.27. The number of carbonyl (C=O) groups excluding carboxylic acids is 3. The van der Waals surface area contributed by atoms with Crippen molar-refractivity contribution in [2.75, 3.05) is 0 Å². The number of carbonyl (C=O) groups is 3. The number of benzene rings is 3. The van der Waals surface area contributed by atoms with Crippen molar-refractivity contribution in [2.45, 2.75) is 0 Å². The van der Waals surface area contributed by atoms with E-state index in [0.29, 0.717) is 16.7 Å². The lowest BCUT2D eigenvalue weighted by Crippen LogP contribution is -2.14. The molecule has 0 aromatic heterocycles. The molecule has 0 fully saturated rings. The SMILES string of the molecule is O=C(c1ccccc1)P(C(=O)c1ccccc1)C(=O)c1ccccc1. The molecule has 0 saturated heterocycles. The fraction of sp³-hybridized carbons (Fsp3) is 0. The van der Waals surface area contributed by atoms with Crippen molar-refractivity contribution < 1.29 is 14.4 Å². The van der Waals surface area contributed by atoms with Gasteiger partial charge in [0, 0.05) is 16.7 Å². The van der Waals surface area contributed by atoms with Gasteiger partial charge in [-0.15, -0.1) is 0 Å². The highest BCUT2D eigenvalue weighted by molar-refractivity contribution is 8.03. The Labute approximate surface area is 147 Å². The predicted molar refractivity (Wildman–Crippen MR) is 99.2 cm³/mol. The van der Waals surface area contributed by atoms with Crippen LogP contribution in [0.4, 0.5) is 0 Å². The first-order valence-corrected chi connectivity index (χ1v) is 9.11. The Hall–Kier alpha value is -2.90. The van der Waals surface area contributed by atoms with Crippen LogP contribution in [0.1, 0.15) is 31.1 Å². The summed E-state index contributed by atoms with van der Waals surface area (Å²) in [5.74, 6) is 0. The van der Waals surface area contributed by atoms with Gasteiger partial charge >= 0.3 is 0 Å². The Morgan fingerprint density at radius 3 is 0.920 bits per heavy atom. The molecule has 0 radical (unpaired) electrons. The van der Waals surface area contributed by atoms with Crippen LogP contribution in [-0.4, -0.2) is 16.6 Å². The van der Waals surface area contributed by atoms with Gasteiger partial charge in [0.15, 0.2) is 16.6 Å². The minimum absolute atomic E-state index is 0.377. The van der Waals surface area contributed by atoms with Crippen LogP contribution in [0.25, 0.3) is 0 Å². The molecule has 3 nitrogen and oxygen atoms in total. The third kappa shape index (κ3) is 3.78. The van der Waals surface area contributed by atoms with Crippen LogP contribution in [0.2, 0.25) is 0 Å². The molecule has 25 heavy (non-hydrogen) atoms. The van der Waals surface area contributed by atoms with Gasteiger partial charge in [0.25, 0.3) is 0 Å². The molecule has 0 aliphatic rings. The Morgan fingerprint density at radius 2 is 0.680 bits per heavy atom. The molecule has 0 atom stereocenters. The number of rotatable bonds is 6. The van der Waals surface area contributed by atoms with Gasteiger partial charge in [0.1, 0.15) is 7.92 Å². The number of hydrogen-bond acceptors (Lipinski definition) is 3. The third-order valence-electron chi connectivity index (χ3n) is 3.67. The largest absolute Gasteiger partial charge is 0.288 e. The lowest BCUT2D eigenvalue weighted by Gasteiger charge is -2.14. The first-order valence-electron chi connectivity index (χ1n) is 7.77. The van der Waals surface area contributed by atoms with Crippen LogP contribution in [0.5, 0.6) is 0 Å². The van der Waals surface area contributed by atoms with Crippen LogP contribution < -0.4 is 0 Å². The quantitative estimate of drug-likeness (QED) is 0.591. The van der Waals surface area contributed by atoms with Crippen molar-refractivity contribution >= 4 is 24.5 Å². The Bertz CT molecular complexity index is 768. The summed E-state index contributed by atoms with van der Waals surface area (Å²) in [5, 5.41) is 0. The summed E-state index contributed by atoms with van der Waals surface area (Å²) in [5.41, 5.74) is -0.124. The highest BCUT2D eigenvalue weighted by Gasteiger charge is 2.35. The molecule has 0 amide bonds. The van der Waals surface area contributed by atoms with Crippen molar-refractivity contribution in [3.63, 3.8) is 0 Å². The molecule has 3 aromatic carbocycles. The van der Waals surface area contributed by atoms with Gasteiger partial charge in [0.2, 0.25) is 0 Å². The molecule has 0 bridgehead atoms. The van der Waals surface area contributed by atoms with E-state index in [4.69, 9.17) is 0 Å². The topological polar surface area (TPSA) is 51.2 Å². The average Bonchev–Trinajstić information content (AvgIpc) is 2.70. The standard InChI is InChI=1S/C21H15O3P/c22-19(16-10-4-1-5-11-16)25(20(23)17-12-6-2-7-13-17)21(24)18-14-8-3-9-15-18/h1-15H. The molecule has 122 valence electrons. The summed E-state index contributed by atoms with van der Waals surface area (Å²) >= 11 is 0. The zero-order valence-corrected chi connectivity index (χ0v) is 14.2. The van der Waals surface area contributed by atoms with E-state index >= 15 is 0 Å². The summed E-state index contributed by atoms with van der Waals surface area (Å²) < 4.78 is 0. The van der Waals surface area contributed by atoms with Crippen molar-refractivity contribution in [1.29, 1.82) is 0 Å². The Morgan fingerprint density at radius 1 is 0.440 bits per heavy atom. The first kappa shape index (κ1) is 16.9. The van der Waals surface area contributed by atoms with E-state index in [-0.39, 0.29) is 0 Å². The van der Waals surface area contributed by atoms with E-state index in [2.05, 4.69) is 0 Å². The lowest BCUT2D eigenvalue weighted by molar-refractivity contribution is 0.102. The van der Waals surface area contributed by atoms with Gasteiger partial charge in [0.05, 0.1) is 0 Å². The van der Waals surface area contributed by atoms with E-state index < -0.39 is 24.5 Å². The second kappa shape index (κ2) is 7.78. The maximum absolute atomic E-state index is 13.0. The average molecular weight is 346 g/mol. The summed E-state index contributed by atoms with van der Waals surface area (Å²) in [7, 11) is -2.19. The van der Waals surface area contributed by atoms with Gasteiger partial charge in [-0.3, -0.25) is 14.4 Å². The van der Waals surface area contributed by atoms with E-state index in [1.54, 1.807) is 91.0 Å². The Balaban J connectivity index is 2.04. The predicted octanol–water partition coefficient (Wildman–Crippen LogP) is 4.99. The molecule has 3 aromatic rings. The fourth-order valence-corrected chi connectivity index (χ4v) is 4.18. The minimum Gasteiger partial charge on any atom is -0.288 e. The van der Waals surface area contributed by atoms with E-state index in [1.165, 1.54) is 0 Å². The summed E-state index contributed by atoms with van der Waals surface area (Å²) in [4.78, 5) is 38.9. The zero-order chi connectivity index (χ0) is 17.6. The summed E-state index contributed by atoms with van der Waals surface area (Å²) in [6.07, 6.45) is 0. The zero-order valence-electron chi connectivity index (χ0n) is 13.3. The van der Waals surface area contributed by atoms with Crippen LogP contribution in [-0.2, 0) is 0 Å². The highest BCUT2D eigenvalue weighted by atomic mass is 31.1. The number of hydrogen-bond donors (Lipinski definition) is 0. The second-order valence-corrected chi connectivity index (χ2v) is 7.24. The summed E-state index contributed by atoms with van der Waals surface area (Å²) in [6.45, 7) is 0. The molecule has 0 heterocycles. The molecular formula is C21H15O3P. The van der Waals surface area contributed by atoms with Crippen molar-refractivity contribution in [3.05, 3.63) is 108 Å². The maximum Gasteiger partial charge on any atom is 0.200 e. The van der Waals surface area contributed by atoms with E-state index in [1.807, 2.05) is 0 Å². The molecule has 0 aliphatic heterocycles. The minimum atomic E-state index is -2.19. The third-order valence-corrected chi connectivity index (χ3v) is 5.66. The maximum atomic E-state index is 13.0. The van der Waals surface area contributed by atoms with Crippen molar-refractivity contribution in [3.8, 4) is 0 Å². The molecule has 3 rings (SSSR count). The first-order chi connectivity index (χ1) is 12.2. The molecule has 4 heteroatoms. The van der Waals surface area contributed by atoms with Gasteiger partial charge in [-0.2, -0.15) is 0 Å². The molecule has 0 spiro atoms. The van der Waals surface area contributed by atoms with Crippen LogP contribution >= 0.6 is 7.92 Å². The fourth-order valence-electron chi connectivity index (χ4n) is 2.41. The molecule has 0 saturated carbocycles. The van der Waals surface area contributed by atoms with Crippen LogP contribution in [0.15, 0.2) is 91.0 Å². The lowest BCUT2D eigenvalue weighted by atomic mass is 10.2. The van der Waals surface area contributed by atoms with Crippen LogP contribution in [0, 0.1) is 0 Å². The van der Waals surface area contributed by atoms with Gasteiger partial charge < -0.3 is 0 Å². The molecule has 0 unspecified atom stereocenters. The molecule has 0 N–H and O–H groups in total. The van der Waals surface area contributed by atoms with E-state index in [9.17, 15) is 14.4 Å². The van der Waals surface area contributed by atoms with Gasteiger partial charge in [-0.05, 0) is 0 Å². The second-order valence-electron chi connectivity index (χ2n) is 5.35. The van der Waals surface area contributed by atoms with E-state index in [0.717, 1.165) is 0 Å². The smallest absolute Gasteiger partial charge is 0.200 e. The van der Waals surface area contributed by atoms with Crippen molar-refractivity contribution in [2.24, 2.45) is 0 Å². The molecular weight excluding hydrogens is 331 g/mol. The molecule has 0 aliphatic carbocycles. The van der Waals surface area contributed by atoms with Gasteiger partial charge in [-0.1, -0.05) is 91.0 Å². The normalized spacial score (nSPS) is 10.4.